The number of aromatic nitrogens is 1. The molecule has 0 N–H and O–H groups in total. The fraction of sp³-hybridized carbons (Fsp3) is 0. The van der Waals surface area contributed by atoms with Crippen LogP contribution in [0.15, 0.2) is 66.9 Å². The Labute approximate surface area is 110 Å². The van der Waals surface area contributed by atoms with Gasteiger partial charge in [-0.1, -0.05) is 48.5 Å². The lowest BCUT2D eigenvalue weighted by Gasteiger charge is -2.03. The van der Waals surface area contributed by atoms with Gasteiger partial charge in [0.25, 0.3) is 5.78 Å². The van der Waals surface area contributed by atoms with Crippen molar-refractivity contribution in [1.29, 1.82) is 0 Å². The first-order valence-corrected chi connectivity index (χ1v) is 5.97. The third kappa shape index (κ3) is 1.95. The highest BCUT2D eigenvalue weighted by Crippen LogP contribution is 2.15. The molecule has 0 amide bonds. The number of hydrogen-bond acceptors (Lipinski definition) is 2. The molecular weight excluding hydrogens is 238 g/mol. The second kappa shape index (κ2) is 4.53. The predicted molar refractivity (Wildman–Crippen MR) is 73.3 cm³/mol. The van der Waals surface area contributed by atoms with E-state index in [1.54, 1.807) is 30.5 Å². The smallest absolute Gasteiger partial charge is 0.283 e. The fourth-order valence-electron chi connectivity index (χ4n) is 2.08. The molecule has 92 valence electrons. The molecule has 1 aromatic heterocycles. The highest BCUT2D eigenvalue weighted by molar-refractivity contribution is 6.44. The summed E-state index contributed by atoms with van der Waals surface area (Å²) in [5.74, 6) is -1.03. The van der Waals surface area contributed by atoms with Crippen molar-refractivity contribution in [1.82, 2.24) is 4.57 Å². The van der Waals surface area contributed by atoms with Gasteiger partial charge in [0, 0.05) is 17.1 Å². The molecule has 0 spiro atoms. The number of fused-ring (bicyclic) bond motifs is 1. The van der Waals surface area contributed by atoms with E-state index < -0.39 is 11.7 Å². The number of carbonyl (C=O) groups is 2. The van der Waals surface area contributed by atoms with E-state index in [9.17, 15) is 9.59 Å². The summed E-state index contributed by atoms with van der Waals surface area (Å²) in [7, 11) is 0. The Kier molecular flexibility index (Phi) is 2.72. The Morgan fingerprint density at radius 2 is 1.47 bits per heavy atom. The topological polar surface area (TPSA) is 39.1 Å². The van der Waals surface area contributed by atoms with Crippen LogP contribution in [0, 0.1) is 0 Å². The van der Waals surface area contributed by atoms with Crippen molar-refractivity contribution in [3.63, 3.8) is 0 Å². The van der Waals surface area contributed by atoms with Gasteiger partial charge in [0.05, 0.1) is 5.52 Å². The first kappa shape index (κ1) is 11.4. The quantitative estimate of drug-likeness (QED) is 0.517. The van der Waals surface area contributed by atoms with Crippen LogP contribution in [-0.2, 0) is 0 Å². The third-order valence-corrected chi connectivity index (χ3v) is 3.05. The molecule has 3 heteroatoms. The molecule has 0 saturated heterocycles. The van der Waals surface area contributed by atoms with E-state index in [0.29, 0.717) is 5.56 Å². The molecule has 0 radical (unpaired) electrons. The van der Waals surface area contributed by atoms with Gasteiger partial charge in [0.2, 0.25) is 0 Å². The summed E-state index contributed by atoms with van der Waals surface area (Å²) in [6.07, 6.45) is 1.63. The number of hydrogen-bond donors (Lipinski definition) is 0. The van der Waals surface area contributed by atoms with Gasteiger partial charge in [0.15, 0.2) is 0 Å². The van der Waals surface area contributed by atoms with Crippen LogP contribution < -0.4 is 0 Å². The maximum Gasteiger partial charge on any atom is 0.303 e. The number of carbonyl (C=O) groups excluding carboxylic acids is 2. The fourth-order valence-corrected chi connectivity index (χ4v) is 2.08. The molecule has 0 unspecified atom stereocenters. The Morgan fingerprint density at radius 3 is 2.26 bits per heavy atom. The average molecular weight is 249 g/mol. The van der Waals surface area contributed by atoms with Gasteiger partial charge in [-0.15, -0.1) is 0 Å². The van der Waals surface area contributed by atoms with E-state index in [2.05, 4.69) is 0 Å². The van der Waals surface area contributed by atoms with Crippen LogP contribution in [0.3, 0.4) is 0 Å². The first-order chi connectivity index (χ1) is 9.27. The molecule has 19 heavy (non-hydrogen) atoms. The standard InChI is InChI=1S/C16H11NO2/c18-15(13-7-2-1-3-8-13)16(19)17-11-10-12-6-4-5-9-14(12)17/h1-11H. The van der Waals surface area contributed by atoms with Crippen molar-refractivity contribution < 1.29 is 9.59 Å². The van der Waals surface area contributed by atoms with Crippen molar-refractivity contribution >= 4 is 22.6 Å². The number of rotatable bonds is 2. The molecule has 0 aliphatic heterocycles. The Bertz CT molecular complexity index is 757. The summed E-state index contributed by atoms with van der Waals surface area (Å²) < 4.78 is 1.39. The summed E-state index contributed by atoms with van der Waals surface area (Å²) in [6.45, 7) is 0. The molecule has 0 bridgehead atoms. The van der Waals surface area contributed by atoms with E-state index in [1.165, 1.54) is 4.57 Å². The zero-order valence-electron chi connectivity index (χ0n) is 10.1. The van der Waals surface area contributed by atoms with Crippen molar-refractivity contribution in [2.75, 3.05) is 0 Å². The van der Waals surface area contributed by atoms with Crippen LogP contribution >= 0.6 is 0 Å². The maximum atomic E-state index is 12.2. The normalized spacial score (nSPS) is 10.5. The largest absolute Gasteiger partial charge is 0.303 e. The average Bonchev–Trinajstić information content (AvgIpc) is 2.90. The van der Waals surface area contributed by atoms with Gasteiger partial charge in [-0.3, -0.25) is 14.2 Å². The maximum absolute atomic E-state index is 12.2. The number of Topliss-reactive ketones (excluding diaryl/α,β-unsaturated/α-hetero) is 1. The lowest BCUT2D eigenvalue weighted by atomic mass is 10.1. The van der Waals surface area contributed by atoms with Crippen LogP contribution in [0.2, 0.25) is 0 Å². The Morgan fingerprint density at radius 1 is 0.789 bits per heavy atom. The summed E-state index contributed by atoms with van der Waals surface area (Å²) in [4.78, 5) is 24.3. The van der Waals surface area contributed by atoms with Crippen LogP contribution in [0.1, 0.15) is 15.2 Å². The molecule has 0 saturated carbocycles. The third-order valence-electron chi connectivity index (χ3n) is 3.05. The first-order valence-electron chi connectivity index (χ1n) is 5.97. The Hall–Kier alpha value is -2.68. The van der Waals surface area contributed by atoms with Gasteiger partial charge in [-0.25, -0.2) is 0 Å². The lowest BCUT2D eigenvalue weighted by molar-refractivity contribution is 0.0768. The van der Waals surface area contributed by atoms with Gasteiger partial charge >= 0.3 is 5.91 Å². The minimum Gasteiger partial charge on any atom is -0.283 e. The van der Waals surface area contributed by atoms with E-state index in [-0.39, 0.29) is 0 Å². The predicted octanol–water partition coefficient (Wildman–Crippen LogP) is 3.16. The number of para-hydroxylation sites is 1. The van der Waals surface area contributed by atoms with Crippen LogP contribution in [0.5, 0.6) is 0 Å². The SMILES string of the molecule is O=C(C(=O)n1ccc2ccccc21)c1ccccc1. The summed E-state index contributed by atoms with van der Waals surface area (Å²) >= 11 is 0. The molecular formula is C16H11NO2. The van der Waals surface area contributed by atoms with E-state index in [4.69, 9.17) is 0 Å². The number of nitrogens with zero attached hydrogens (tertiary/aromatic N) is 1. The van der Waals surface area contributed by atoms with E-state index in [1.807, 2.05) is 36.4 Å². The summed E-state index contributed by atoms with van der Waals surface area (Å²) in [5.41, 5.74) is 1.15. The zero-order chi connectivity index (χ0) is 13.2. The van der Waals surface area contributed by atoms with Crippen LogP contribution in [0.4, 0.5) is 0 Å². The number of ketones is 1. The summed E-state index contributed by atoms with van der Waals surface area (Å²) in [6, 6.07) is 17.9. The zero-order valence-corrected chi connectivity index (χ0v) is 10.1. The van der Waals surface area contributed by atoms with Gasteiger partial charge < -0.3 is 0 Å². The highest BCUT2D eigenvalue weighted by atomic mass is 16.2. The molecule has 0 aliphatic carbocycles. The van der Waals surface area contributed by atoms with Crippen LogP contribution in [-0.4, -0.2) is 16.3 Å². The molecule has 0 fully saturated rings. The second-order valence-electron chi connectivity index (χ2n) is 4.24. The van der Waals surface area contributed by atoms with Gasteiger partial charge in [0.1, 0.15) is 0 Å². The molecule has 2 aromatic carbocycles. The van der Waals surface area contributed by atoms with Crippen molar-refractivity contribution in [3.05, 3.63) is 72.4 Å². The highest BCUT2D eigenvalue weighted by Gasteiger charge is 2.18. The summed E-state index contributed by atoms with van der Waals surface area (Å²) in [5, 5.41) is 0.941. The van der Waals surface area contributed by atoms with Crippen molar-refractivity contribution in [2.24, 2.45) is 0 Å². The Balaban J connectivity index is 2.03. The molecule has 3 aromatic rings. The van der Waals surface area contributed by atoms with E-state index >= 15 is 0 Å². The molecule has 3 rings (SSSR count). The van der Waals surface area contributed by atoms with Gasteiger partial charge in [-0.05, 0) is 12.1 Å². The molecule has 3 nitrogen and oxygen atoms in total. The van der Waals surface area contributed by atoms with Crippen molar-refractivity contribution in [2.45, 2.75) is 0 Å². The molecule has 0 atom stereocenters. The number of benzene rings is 2. The van der Waals surface area contributed by atoms with Crippen molar-refractivity contribution in [3.8, 4) is 0 Å². The van der Waals surface area contributed by atoms with Crippen LogP contribution in [0.25, 0.3) is 10.9 Å². The monoisotopic (exact) mass is 249 g/mol. The second-order valence-corrected chi connectivity index (χ2v) is 4.24. The van der Waals surface area contributed by atoms with E-state index in [0.717, 1.165) is 10.9 Å². The lowest BCUT2D eigenvalue weighted by Crippen LogP contribution is -2.20. The molecule has 0 aliphatic rings. The molecule has 1 heterocycles. The minimum absolute atomic E-state index is 0.408. The van der Waals surface area contributed by atoms with Gasteiger partial charge in [-0.2, -0.15) is 0 Å². The minimum atomic E-state index is -0.535.